The molecule has 0 atom stereocenters. The Bertz CT molecular complexity index is 3740. The van der Waals surface area contributed by atoms with E-state index in [1.165, 1.54) is 0 Å². The Morgan fingerprint density at radius 2 is 0.529 bits per heavy atom. The Balaban J connectivity index is 0.965. The summed E-state index contributed by atoms with van der Waals surface area (Å²) in [5.41, 5.74) is 18.1. The lowest BCUT2D eigenvalue weighted by atomic mass is 9.89. The molecule has 13 aromatic rings. The molecule has 68 heavy (non-hydrogen) atoms. The summed E-state index contributed by atoms with van der Waals surface area (Å²) in [6, 6.07) is 79.3. The number of benzene rings is 9. The van der Waals surface area contributed by atoms with Crippen molar-refractivity contribution < 1.29 is 8.83 Å². The van der Waals surface area contributed by atoms with Gasteiger partial charge in [-0.15, -0.1) is 0 Å². The van der Waals surface area contributed by atoms with Gasteiger partial charge in [-0.2, -0.15) is 0 Å². The van der Waals surface area contributed by atoms with Gasteiger partial charge in [0.05, 0.1) is 0 Å². The van der Waals surface area contributed by atoms with Gasteiger partial charge in [0, 0.05) is 33.0 Å². The molecule has 318 valence electrons. The van der Waals surface area contributed by atoms with Crippen LogP contribution in [0.1, 0.15) is 0 Å². The first-order valence-corrected chi connectivity index (χ1v) is 22.7. The number of para-hydroxylation sites is 2. The average molecular weight is 871 g/mol. The van der Waals surface area contributed by atoms with Crippen LogP contribution < -0.4 is 0 Å². The number of hydrogen-bond donors (Lipinski definition) is 0. The van der Waals surface area contributed by atoms with Crippen LogP contribution in [0.15, 0.2) is 239 Å². The highest BCUT2D eigenvalue weighted by Crippen LogP contribution is 2.44. The van der Waals surface area contributed by atoms with Gasteiger partial charge in [-0.1, -0.05) is 206 Å². The number of furan rings is 2. The van der Waals surface area contributed by atoms with Gasteiger partial charge in [0.1, 0.15) is 33.6 Å². The largest absolute Gasteiger partial charge is 0.452 e. The molecule has 0 radical (unpaired) electrons. The van der Waals surface area contributed by atoms with E-state index in [0.717, 1.165) is 111 Å². The number of fused-ring (bicyclic) bond motifs is 6. The number of rotatable bonds is 8. The second-order valence-corrected chi connectivity index (χ2v) is 16.9. The first kappa shape index (κ1) is 39.1. The van der Waals surface area contributed by atoms with Crippen LogP contribution in [0.4, 0.5) is 0 Å². The monoisotopic (exact) mass is 870 g/mol. The van der Waals surface area contributed by atoms with Gasteiger partial charge in [0.15, 0.2) is 22.8 Å². The van der Waals surface area contributed by atoms with E-state index in [2.05, 4.69) is 182 Å². The minimum absolute atomic E-state index is 0.605. The molecule has 6 nitrogen and oxygen atoms in total. The highest BCUT2D eigenvalue weighted by Gasteiger charge is 2.24. The standard InChI is InChI=1S/C62H38N4O2/c1-3-17-39(18-4-1)41-31-35-43(36-32-41)55-59-57(51-27-13-15-29-53(51)67-59)65-61(63-55)49-25-11-9-23-47(49)45-21-7-8-22-46(45)48-24-10-12-26-50(48)62-64-56(60-58(66-62)52-28-14-16-30-54(52)68-60)44-37-33-42(34-38-44)40-19-5-2-6-20-40/h1-38H. The van der Waals surface area contributed by atoms with Crippen LogP contribution in [0.2, 0.25) is 0 Å². The van der Waals surface area contributed by atoms with Crippen LogP contribution in [0, 0.1) is 0 Å². The molecular formula is C62H38N4O2. The van der Waals surface area contributed by atoms with Gasteiger partial charge in [-0.25, -0.2) is 19.9 Å². The summed E-state index contributed by atoms with van der Waals surface area (Å²) in [7, 11) is 0. The van der Waals surface area contributed by atoms with Gasteiger partial charge < -0.3 is 8.83 Å². The van der Waals surface area contributed by atoms with E-state index in [1.807, 2.05) is 48.5 Å². The zero-order valence-electron chi connectivity index (χ0n) is 36.5. The molecule has 0 N–H and O–H groups in total. The summed E-state index contributed by atoms with van der Waals surface area (Å²) in [5, 5.41) is 1.88. The van der Waals surface area contributed by atoms with E-state index in [4.69, 9.17) is 28.8 Å². The van der Waals surface area contributed by atoms with E-state index in [1.54, 1.807) is 0 Å². The fourth-order valence-electron chi connectivity index (χ4n) is 9.50. The SMILES string of the molecule is c1ccc(-c2ccc(-c3nc(-c4ccccc4-c4ccccc4-c4ccccc4-c4nc(-c5ccc(-c6ccccc6)cc5)c5oc6ccccc6c5n4)nc4c3oc3ccccc34)cc2)cc1. The van der Waals surface area contributed by atoms with Crippen molar-refractivity contribution in [3.63, 3.8) is 0 Å². The summed E-state index contributed by atoms with van der Waals surface area (Å²) < 4.78 is 13.1. The highest BCUT2D eigenvalue weighted by atomic mass is 16.3. The Morgan fingerprint density at radius 3 is 0.926 bits per heavy atom. The zero-order chi connectivity index (χ0) is 45.0. The second kappa shape index (κ2) is 16.3. The normalized spacial score (nSPS) is 11.5. The Labute approximate surface area is 391 Å². The molecule has 0 aliphatic heterocycles. The van der Waals surface area contributed by atoms with Crippen LogP contribution in [0.25, 0.3) is 134 Å². The van der Waals surface area contributed by atoms with Crippen molar-refractivity contribution in [3.8, 4) is 89.8 Å². The topological polar surface area (TPSA) is 77.8 Å². The van der Waals surface area contributed by atoms with Crippen LogP contribution >= 0.6 is 0 Å². The first-order chi connectivity index (χ1) is 33.7. The summed E-state index contributed by atoms with van der Waals surface area (Å²) >= 11 is 0. The Morgan fingerprint density at radius 1 is 0.235 bits per heavy atom. The predicted molar refractivity (Wildman–Crippen MR) is 276 cm³/mol. The minimum Gasteiger partial charge on any atom is -0.452 e. The molecule has 0 unspecified atom stereocenters. The molecule has 6 heteroatoms. The fraction of sp³-hybridized carbons (Fsp3) is 0. The van der Waals surface area contributed by atoms with Crippen molar-refractivity contribution in [2.45, 2.75) is 0 Å². The van der Waals surface area contributed by atoms with Gasteiger partial charge >= 0.3 is 0 Å². The van der Waals surface area contributed by atoms with Crippen molar-refractivity contribution >= 4 is 44.1 Å². The number of aromatic nitrogens is 4. The molecule has 0 aliphatic rings. The number of nitrogens with zero attached hydrogens (tertiary/aromatic N) is 4. The maximum Gasteiger partial charge on any atom is 0.180 e. The molecule has 0 saturated carbocycles. The van der Waals surface area contributed by atoms with E-state index < -0.39 is 0 Å². The highest BCUT2D eigenvalue weighted by molar-refractivity contribution is 6.09. The summed E-state index contributed by atoms with van der Waals surface area (Å²) in [6.45, 7) is 0. The Kier molecular flexibility index (Phi) is 9.39. The van der Waals surface area contributed by atoms with Gasteiger partial charge in [0.2, 0.25) is 0 Å². The van der Waals surface area contributed by atoms with Crippen molar-refractivity contribution in [2.24, 2.45) is 0 Å². The van der Waals surface area contributed by atoms with Crippen molar-refractivity contribution in [1.82, 2.24) is 19.9 Å². The van der Waals surface area contributed by atoms with E-state index >= 15 is 0 Å². The van der Waals surface area contributed by atoms with Gasteiger partial charge in [0.25, 0.3) is 0 Å². The molecule has 0 spiro atoms. The van der Waals surface area contributed by atoms with Crippen molar-refractivity contribution in [3.05, 3.63) is 231 Å². The minimum atomic E-state index is 0.605. The molecule has 4 aromatic heterocycles. The predicted octanol–water partition coefficient (Wildman–Crippen LogP) is 16.4. The van der Waals surface area contributed by atoms with E-state index in [9.17, 15) is 0 Å². The molecule has 0 saturated heterocycles. The quantitative estimate of drug-likeness (QED) is 0.151. The van der Waals surface area contributed by atoms with E-state index in [0.29, 0.717) is 22.8 Å². The van der Waals surface area contributed by atoms with Gasteiger partial charge in [-0.3, -0.25) is 0 Å². The summed E-state index contributed by atoms with van der Waals surface area (Å²) in [6.07, 6.45) is 0. The molecule has 0 aliphatic carbocycles. The lowest BCUT2D eigenvalue weighted by molar-refractivity contribution is 0.667. The van der Waals surface area contributed by atoms with Gasteiger partial charge in [-0.05, 0) is 68.8 Å². The molecule has 13 rings (SSSR count). The number of hydrogen-bond acceptors (Lipinski definition) is 6. The van der Waals surface area contributed by atoms with Crippen LogP contribution in [-0.4, -0.2) is 19.9 Å². The molecular weight excluding hydrogens is 833 g/mol. The Hall–Kier alpha value is -9.26. The van der Waals surface area contributed by atoms with Crippen LogP contribution in [0.5, 0.6) is 0 Å². The lowest BCUT2D eigenvalue weighted by Gasteiger charge is -2.17. The van der Waals surface area contributed by atoms with Crippen LogP contribution in [0.3, 0.4) is 0 Å². The maximum atomic E-state index is 6.55. The zero-order valence-corrected chi connectivity index (χ0v) is 36.5. The smallest absolute Gasteiger partial charge is 0.180 e. The average Bonchev–Trinajstić information content (AvgIpc) is 4.00. The molecule has 0 amide bonds. The third-order valence-electron chi connectivity index (χ3n) is 12.8. The van der Waals surface area contributed by atoms with E-state index in [-0.39, 0.29) is 0 Å². The molecule has 0 bridgehead atoms. The fourth-order valence-corrected chi connectivity index (χ4v) is 9.50. The summed E-state index contributed by atoms with van der Waals surface area (Å²) in [4.78, 5) is 21.4. The van der Waals surface area contributed by atoms with Crippen LogP contribution in [-0.2, 0) is 0 Å². The second-order valence-electron chi connectivity index (χ2n) is 16.9. The maximum absolute atomic E-state index is 6.55. The first-order valence-electron chi connectivity index (χ1n) is 22.7. The summed E-state index contributed by atoms with van der Waals surface area (Å²) in [5.74, 6) is 1.21. The van der Waals surface area contributed by atoms with Crippen molar-refractivity contribution in [1.29, 1.82) is 0 Å². The third-order valence-corrected chi connectivity index (χ3v) is 12.8. The lowest BCUT2D eigenvalue weighted by Crippen LogP contribution is -1.98. The molecule has 0 fully saturated rings. The molecule has 9 aromatic carbocycles. The van der Waals surface area contributed by atoms with Crippen molar-refractivity contribution in [2.75, 3.05) is 0 Å². The third kappa shape index (κ3) is 6.74. The molecule has 4 heterocycles.